The molecule has 1 unspecified atom stereocenters. The molecule has 2 rings (SSSR count). The van der Waals surface area contributed by atoms with Crippen molar-refractivity contribution in [2.75, 3.05) is 7.11 Å². The van der Waals surface area contributed by atoms with Crippen LogP contribution in [-0.2, 0) is 19.4 Å². The van der Waals surface area contributed by atoms with E-state index in [1.54, 1.807) is 38.1 Å². The summed E-state index contributed by atoms with van der Waals surface area (Å²) < 4.78 is 58.6. The topological polar surface area (TPSA) is 98.8 Å². The maximum Gasteiger partial charge on any atom is 0.341 e. The van der Waals surface area contributed by atoms with Crippen LogP contribution in [0.4, 0.5) is 8.78 Å². The lowest BCUT2D eigenvalue weighted by atomic mass is 10.0. The van der Waals surface area contributed by atoms with Crippen molar-refractivity contribution < 1.29 is 36.3 Å². The van der Waals surface area contributed by atoms with Crippen molar-refractivity contribution in [1.82, 2.24) is 5.32 Å². The van der Waals surface area contributed by atoms with Gasteiger partial charge < -0.3 is 14.8 Å². The summed E-state index contributed by atoms with van der Waals surface area (Å²) in [5, 5.41) is 2.69. The quantitative estimate of drug-likeness (QED) is 0.581. The lowest BCUT2D eigenvalue weighted by molar-refractivity contribution is -0.147. The molecule has 0 fully saturated rings. The molecule has 1 amide bonds. The lowest BCUT2D eigenvalue weighted by Crippen LogP contribution is -2.31. The zero-order valence-electron chi connectivity index (χ0n) is 17.2. The highest BCUT2D eigenvalue weighted by molar-refractivity contribution is 7.91. The number of halogens is 2. The molecule has 0 aromatic heterocycles. The van der Waals surface area contributed by atoms with E-state index in [-0.39, 0.29) is 18.1 Å². The minimum atomic E-state index is -4.76. The fourth-order valence-electron chi connectivity index (χ4n) is 2.71. The van der Waals surface area contributed by atoms with E-state index in [9.17, 15) is 26.8 Å². The third-order valence-corrected chi connectivity index (χ3v) is 5.64. The summed E-state index contributed by atoms with van der Waals surface area (Å²) in [7, 11) is -3.25. The minimum Gasteiger partial charge on any atom is -0.497 e. The number of hydrogen-bond donors (Lipinski definition) is 1. The SMILES string of the molecule is COc1ccc(C(CC(=O)OC(C)C)NC(=O)c2ccc(S(=O)(=O)C(F)F)cc2)cc1. The van der Waals surface area contributed by atoms with Crippen LogP contribution in [0, 0.1) is 0 Å². The highest BCUT2D eigenvalue weighted by Gasteiger charge is 2.27. The smallest absolute Gasteiger partial charge is 0.341 e. The Hall–Kier alpha value is -3.01. The zero-order valence-corrected chi connectivity index (χ0v) is 18.0. The van der Waals surface area contributed by atoms with Crippen molar-refractivity contribution in [3.8, 4) is 5.75 Å². The summed E-state index contributed by atoms with van der Waals surface area (Å²) in [6.45, 7) is 3.40. The number of nitrogens with one attached hydrogen (secondary N) is 1. The van der Waals surface area contributed by atoms with Crippen LogP contribution in [0.1, 0.15) is 42.2 Å². The monoisotopic (exact) mass is 455 g/mol. The molecule has 1 atom stereocenters. The van der Waals surface area contributed by atoms with Gasteiger partial charge in [0.2, 0.25) is 9.84 Å². The van der Waals surface area contributed by atoms with E-state index in [2.05, 4.69) is 5.32 Å². The number of carbonyl (C=O) groups excluding carboxylic acids is 2. The molecule has 31 heavy (non-hydrogen) atoms. The Bertz CT molecular complexity index is 1010. The standard InChI is InChI=1S/C21H23F2NO6S/c1-13(2)30-19(25)12-18(14-4-8-16(29-3)9-5-14)24-20(26)15-6-10-17(11-7-15)31(27,28)21(22)23/h4-11,13,18,21H,12H2,1-3H3,(H,24,26). The summed E-state index contributed by atoms with van der Waals surface area (Å²) in [6.07, 6.45) is -0.474. The molecule has 0 radical (unpaired) electrons. The predicted octanol–water partition coefficient (Wildman–Crippen LogP) is 3.50. The number of alkyl halides is 2. The summed E-state index contributed by atoms with van der Waals surface area (Å²) in [5.41, 5.74) is 0.663. The number of esters is 1. The van der Waals surface area contributed by atoms with Crippen LogP contribution < -0.4 is 10.1 Å². The number of benzene rings is 2. The van der Waals surface area contributed by atoms with Gasteiger partial charge in [0.15, 0.2) is 0 Å². The van der Waals surface area contributed by atoms with Gasteiger partial charge in [-0.15, -0.1) is 0 Å². The molecule has 168 valence electrons. The number of carbonyl (C=O) groups is 2. The average Bonchev–Trinajstić information content (AvgIpc) is 2.72. The molecule has 0 heterocycles. The lowest BCUT2D eigenvalue weighted by Gasteiger charge is -2.20. The van der Waals surface area contributed by atoms with Gasteiger partial charge in [-0.3, -0.25) is 9.59 Å². The van der Waals surface area contributed by atoms with Gasteiger partial charge in [0.25, 0.3) is 5.91 Å². The first-order chi connectivity index (χ1) is 14.5. The summed E-state index contributed by atoms with van der Waals surface area (Å²) in [4.78, 5) is 24.2. The molecular weight excluding hydrogens is 432 g/mol. The molecule has 2 aromatic carbocycles. The fourth-order valence-corrected chi connectivity index (χ4v) is 3.43. The van der Waals surface area contributed by atoms with E-state index >= 15 is 0 Å². The largest absolute Gasteiger partial charge is 0.497 e. The zero-order chi connectivity index (χ0) is 23.2. The average molecular weight is 455 g/mol. The van der Waals surface area contributed by atoms with Gasteiger partial charge in [0.1, 0.15) is 5.75 Å². The van der Waals surface area contributed by atoms with Crippen LogP contribution in [-0.4, -0.2) is 39.3 Å². The van der Waals surface area contributed by atoms with Gasteiger partial charge in [-0.1, -0.05) is 12.1 Å². The molecule has 0 saturated carbocycles. The van der Waals surface area contributed by atoms with E-state index in [0.29, 0.717) is 11.3 Å². The number of hydrogen-bond acceptors (Lipinski definition) is 6. The summed E-state index contributed by atoms with van der Waals surface area (Å²) >= 11 is 0. The van der Waals surface area contributed by atoms with Crippen molar-refractivity contribution >= 4 is 21.7 Å². The minimum absolute atomic E-state index is 0.0453. The molecule has 0 saturated heterocycles. The second kappa shape index (κ2) is 10.3. The Morgan fingerprint density at radius 2 is 1.58 bits per heavy atom. The molecule has 7 nitrogen and oxygen atoms in total. The van der Waals surface area contributed by atoms with E-state index in [1.807, 2.05) is 0 Å². The van der Waals surface area contributed by atoms with Crippen molar-refractivity contribution in [2.45, 2.75) is 43.1 Å². The second-order valence-corrected chi connectivity index (χ2v) is 8.79. The van der Waals surface area contributed by atoms with E-state index < -0.39 is 38.4 Å². The molecule has 10 heteroatoms. The van der Waals surface area contributed by atoms with Crippen LogP contribution in [0.15, 0.2) is 53.4 Å². The Kier molecular flexibility index (Phi) is 8.09. The first-order valence-corrected chi connectivity index (χ1v) is 10.9. The van der Waals surface area contributed by atoms with Gasteiger partial charge in [-0.2, -0.15) is 8.78 Å². The molecule has 2 aromatic rings. The Morgan fingerprint density at radius 3 is 2.06 bits per heavy atom. The Balaban J connectivity index is 2.24. The molecule has 0 aliphatic heterocycles. The van der Waals surface area contributed by atoms with Crippen LogP contribution in [0.5, 0.6) is 5.75 Å². The highest BCUT2D eigenvalue weighted by atomic mass is 32.2. The number of sulfone groups is 1. The summed E-state index contributed by atoms with van der Waals surface area (Å²) in [5.74, 6) is -4.10. The first-order valence-electron chi connectivity index (χ1n) is 9.31. The van der Waals surface area contributed by atoms with Crippen LogP contribution in [0.25, 0.3) is 0 Å². The number of methoxy groups -OCH3 is 1. The maximum absolute atomic E-state index is 12.7. The van der Waals surface area contributed by atoms with Crippen LogP contribution in [0.3, 0.4) is 0 Å². The van der Waals surface area contributed by atoms with Gasteiger partial charge >= 0.3 is 11.7 Å². The second-order valence-electron chi connectivity index (χ2n) is 6.87. The predicted molar refractivity (Wildman–Crippen MR) is 109 cm³/mol. The molecule has 1 N–H and O–H groups in total. The third kappa shape index (κ3) is 6.48. The van der Waals surface area contributed by atoms with Crippen LogP contribution in [0.2, 0.25) is 0 Å². The highest BCUT2D eigenvalue weighted by Crippen LogP contribution is 2.23. The van der Waals surface area contributed by atoms with Gasteiger partial charge in [-0.25, -0.2) is 8.42 Å². The number of amides is 1. The van der Waals surface area contributed by atoms with E-state index in [0.717, 1.165) is 24.3 Å². The first kappa shape index (κ1) is 24.3. The molecule has 0 aliphatic rings. The summed E-state index contributed by atoms with van der Waals surface area (Å²) in [6, 6.07) is 10.1. The Morgan fingerprint density at radius 1 is 1.00 bits per heavy atom. The van der Waals surface area contributed by atoms with Crippen molar-refractivity contribution in [3.05, 3.63) is 59.7 Å². The van der Waals surface area contributed by atoms with E-state index in [1.165, 1.54) is 7.11 Å². The van der Waals surface area contributed by atoms with Crippen molar-refractivity contribution in [1.29, 1.82) is 0 Å². The van der Waals surface area contributed by atoms with E-state index in [4.69, 9.17) is 9.47 Å². The Labute approximate surface area is 179 Å². The van der Waals surface area contributed by atoms with Crippen molar-refractivity contribution in [3.63, 3.8) is 0 Å². The normalized spacial score (nSPS) is 12.5. The van der Waals surface area contributed by atoms with Gasteiger partial charge in [-0.05, 0) is 55.8 Å². The molecule has 0 bridgehead atoms. The van der Waals surface area contributed by atoms with Gasteiger partial charge in [0, 0.05) is 5.56 Å². The number of rotatable bonds is 9. The maximum atomic E-state index is 12.7. The third-order valence-electron chi connectivity index (χ3n) is 4.24. The molecule has 0 aliphatic carbocycles. The number of ether oxygens (including phenoxy) is 2. The molecular formula is C21H23F2NO6S. The fraction of sp³-hybridized carbons (Fsp3) is 0.333. The molecule has 0 spiro atoms. The van der Waals surface area contributed by atoms with Crippen LogP contribution >= 0.6 is 0 Å². The van der Waals surface area contributed by atoms with Crippen molar-refractivity contribution in [2.24, 2.45) is 0 Å². The van der Waals surface area contributed by atoms with Gasteiger partial charge in [0.05, 0.1) is 30.6 Å².